The van der Waals surface area contributed by atoms with Crippen molar-refractivity contribution in [1.29, 1.82) is 0 Å². The van der Waals surface area contributed by atoms with E-state index in [4.69, 9.17) is 5.11 Å². The quantitative estimate of drug-likeness (QED) is 0.467. The summed E-state index contributed by atoms with van der Waals surface area (Å²) in [6, 6.07) is 4.88. The first-order valence-corrected chi connectivity index (χ1v) is 3.27. The zero-order valence-corrected chi connectivity index (χ0v) is 8.58. The molecule has 0 aliphatic carbocycles. The van der Waals surface area contributed by atoms with Gasteiger partial charge in [0.1, 0.15) is 0 Å². The van der Waals surface area contributed by atoms with Gasteiger partial charge in [0.25, 0.3) is 0 Å². The van der Waals surface area contributed by atoms with Crippen molar-refractivity contribution in [1.82, 2.24) is 4.98 Å². The molecular weight excluding hydrogens is 222 g/mol. The molecule has 0 saturated carbocycles. The minimum Gasteiger partial charge on any atom is -2.00 e. The molecule has 3 N–H and O–H groups in total. The number of phenolic OH excluding ortho intramolecular Hbond substituents is 2. The molecule has 0 spiro atoms. The van der Waals surface area contributed by atoms with Crippen LogP contribution >= 0.6 is 0 Å². The van der Waals surface area contributed by atoms with Crippen molar-refractivity contribution in [3.63, 3.8) is 0 Å². The van der Waals surface area contributed by atoms with E-state index >= 15 is 0 Å². The fourth-order valence-electron chi connectivity index (χ4n) is 1.11. The maximum atomic E-state index is 9.28. The van der Waals surface area contributed by atoms with E-state index in [1.165, 1.54) is 6.07 Å². The zero-order chi connectivity index (χ0) is 7.84. The molecule has 0 fully saturated rings. The van der Waals surface area contributed by atoms with Gasteiger partial charge in [0.05, 0.1) is 0 Å². The van der Waals surface area contributed by atoms with Crippen LogP contribution in [0.3, 0.4) is 0 Å². The van der Waals surface area contributed by atoms with Crippen LogP contribution in [0.2, 0.25) is 0 Å². The fourth-order valence-corrected chi connectivity index (χ4v) is 1.11. The number of H-pyrrole nitrogens is 1. The summed E-state index contributed by atoms with van der Waals surface area (Å²) in [5, 5.41) is 19.0. The molecule has 0 aliphatic rings. The normalized spacial score (nSPS) is 8.29. The molecule has 1 heterocycles. The van der Waals surface area contributed by atoms with Gasteiger partial charge in [-0.05, 0) is 18.2 Å². The van der Waals surface area contributed by atoms with Gasteiger partial charge in [-0.3, -0.25) is 0 Å². The van der Waals surface area contributed by atoms with E-state index in [1.807, 2.05) is 0 Å². The Morgan fingerprint density at radius 3 is 2.29 bits per heavy atom. The van der Waals surface area contributed by atoms with Gasteiger partial charge < -0.3 is 26.1 Å². The zero-order valence-electron chi connectivity index (χ0n) is 7.02. The Balaban J connectivity index is 0. The Kier molecular flexibility index (Phi) is 6.26. The summed E-state index contributed by atoms with van der Waals surface area (Å²) in [6.07, 6.45) is 1.71. The Bertz CT molecular complexity index is 401. The Labute approximate surface area is 94.9 Å². The number of hydrogen-bond acceptors (Lipinski definition) is 2. The Morgan fingerprint density at radius 1 is 1.00 bits per heavy atom. The van der Waals surface area contributed by atoms with Crippen LogP contribution in [0.5, 0.6) is 11.5 Å². The summed E-state index contributed by atoms with van der Waals surface area (Å²) >= 11 is 0. The van der Waals surface area contributed by atoms with Crippen molar-refractivity contribution in [2.75, 3.05) is 0 Å². The number of aromatic amines is 1. The Morgan fingerprint density at radius 2 is 1.64 bits per heavy atom. The van der Waals surface area contributed by atoms with E-state index in [-0.39, 0.29) is 44.2 Å². The molecule has 0 unspecified atom stereocenters. The second-order valence-electron chi connectivity index (χ2n) is 2.37. The standard InChI is InChI=1S/C8H7NO2.2O.Ti/c10-7-2-1-6-5(8(7)11)3-4-9-6;;;/h1-4,9-11H;;;/q;2*-2;+4. The summed E-state index contributed by atoms with van der Waals surface area (Å²) in [5.41, 5.74) is 0.820. The molecule has 72 valence electrons. The average molecular weight is 229 g/mol. The van der Waals surface area contributed by atoms with Crippen molar-refractivity contribution < 1.29 is 42.9 Å². The summed E-state index contributed by atoms with van der Waals surface area (Å²) in [6.45, 7) is 0. The number of hydrogen-bond donors (Lipinski definition) is 3. The molecule has 1 aromatic heterocycles. The number of aromatic hydroxyl groups is 2. The minimum absolute atomic E-state index is 0. The van der Waals surface area contributed by atoms with E-state index < -0.39 is 0 Å². The maximum Gasteiger partial charge on any atom is 4.00 e. The van der Waals surface area contributed by atoms with E-state index in [9.17, 15) is 5.11 Å². The topological polar surface area (TPSA) is 113 Å². The number of nitrogens with one attached hydrogen (secondary N) is 1. The number of phenols is 2. The van der Waals surface area contributed by atoms with Crippen molar-refractivity contribution in [3.05, 3.63) is 24.4 Å². The number of benzene rings is 1. The van der Waals surface area contributed by atoms with Crippen molar-refractivity contribution in [2.45, 2.75) is 0 Å². The predicted octanol–water partition coefficient (Wildman–Crippen LogP) is 1.34. The van der Waals surface area contributed by atoms with Gasteiger partial charge in [-0.15, -0.1) is 0 Å². The third kappa shape index (κ3) is 2.27. The molecule has 0 radical (unpaired) electrons. The van der Waals surface area contributed by atoms with Gasteiger partial charge in [-0.1, -0.05) is 0 Å². The Hall–Kier alpha value is -1.01. The van der Waals surface area contributed by atoms with Gasteiger partial charge in [0.2, 0.25) is 0 Å². The van der Waals surface area contributed by atoms with Gasteiger partial charge in [-0.2, -0.15) is 0 Å². The third-order valence-electron chi connectivity index (χ3n) is 1.68. The molecule has 0 bridgehead atoms. The molecule has 14 heavy (non-hydrogen) atoms. The van der Waals surface area contributed by atoms with Gasteiger partial charge in [-0.25, -0.2) is 0 Å². The second kappa shape index (κ2) is 5.67. The van der Waals surface area contributed by atoms with Crippen LogP contribution in [0.1, 0.15) is 0 Å². The maximum absolute atomic E-state index is 9.28. The van der Waals surface area contributed by atoms with Crippen LogP contribution in [0.4, 0.5) is 0 Å². The largest absolute Gasteiger partial charge is 4.00 e. The molecule has 0 amide bonds. The monoisotopic (exact) mass is 229 g/mol. The molecule has 5 nitrogen and oxygen atoms in total. The van der Waals surface area contributed by atoms with E-state index in [0.29, 0.717) is 5.39 Å². The van der Waals surface area contributed by atoms with Crippen LogP contribution in [-0.2, 0) is 32.7 Å². The fraction of sp³-hybridized carbons (Fsp3) is 0. The van der Waals surface area contributed by atoms with Crippen molar-refractivity contribution in [3.8, 4) is 11.5 Å². The molecule has 2 aromatic rings. The summed E-state index contributed by atoms with van der Waals surface area (Å²) < 4.78 is 0. The number of rotatable bonds is 0. The second-order valence-corrected chi connectivity index (χ2v) is 2.37. The van der Waals surface area contributed by atoms with Crippen LogP contribution < -0.4 is 0 Å². The summed E-state index contributed by atoms with van der Waals surface area (Å²) in [4.78, 5) is 2.92. The first-order chi connectivity index (χ1) is 5.29. The first kappa shape index (κ1) is 15.5. The number of aromatic nitrogens is 1. The van der Waals surface area contributed by atoms with Crippen molar-refractivity contribution >= 4 is 10.9 Å². The first-order valence-electron chi connectivity index (χ1n) is 3.27. The molecule has 0 aliphatic heterocycles. The van der Waals surface area contributed by atoms with E-state index in [1.54, 1.807) is 18.3 Å². The minimum atomic E-state index is -0.0860. The number of fused-ring (bicyclic) bond motifs is 1. The molecule has 1 aromatic carbocycles. The third-order valence-corrected chi connectivity index (χ3v) is 1.68. The van der Waals surface area contributed by atoms with Gasteiger partial charge in [0, 0.05) is 17.1 Å². The van der Waals surface area contributed by atoms with Crippen molar-refractivity contribution in [2.24, 2.45) is 0 Å². The SMILES string of the molecule is Oc1ccc2[nH]ccc2c1O.[O-2].[O-2].[Ti+4]. The molecule has 2 rings (SSSR count). The molecule has 0 saturated heterocycles. The van der Waals surface area contributed by atoms with E-state index in [0.717, 1.165) is 5.52 Å². The van der Waals surface area contributed by atoms with Crippen LogP contribution in [0.25, 0.3) is 10.9 Å². The summed E-state index contributed by atoms with van der Waals surface area (Å²) in [5.74, 6) is -0.152. The van der Waals surface area contributed by atoms with Gasteiger partial charge >= 0.3 is 21.7 Å². The van der Waals surface area contributed by atoms with E-state index in [2.05, 4.69) is 4.98 Å². The molecular formula is C8H7NO4Ti. The molecule has 0 atom stereocenters. The van der Waals surface area contributed by atoms with Crippen LogP contribution in [-0.4, -0.2) is 15.2 Å². The van der Waals surface area contributed by atoms with Crippen LogP contribution in [0, 0.1) is 0 Å². The molecule has 6 heteroatoms. The average Bonchev–Trinajstić information content (AvgIpc) is 2.45. The summed E-state index contributed by atoms with van der Waals surface area (Å²) in [7, 11) is 0. The smallest absolute Gasteiger partial charge is 2.00 e. The van der Waals surface area contributed by atoms with Crippen LogP contribution in [0.15, 0.2) is 24.4 Å². The predicted molar refractivity (Wildman–Crippen MR) is 43.0 cm³/mol. The van der Waals surface area contributed by atoms with Gasteiger partial charge in [0.15, 0.2) is 11.5 Å².